The maximum Gasteiger partial charge on any atom is 0.226 e. The molecule has 0 saturated carbocycles. The van der Waals surface area contributed by atoms with Crippen LogP contribution in [0.3, 0.4) is 0 Å². The topological polar surface area (TPSA) is 35.5 Å². The van der Waals surface area contributed by atoms with E-state index in [2.05, 4.69) is 57.8 Å². The Labute approximate surface area is 174 Å². The molecule has 0 radical (unpaired) electrons. The highest BCUT2D eigenvalue weighted by molar-refractivity contribution is 5.60. The van der Waals surface area contributed by atoms with E-state index in [-0.39, 0.29) is 0 Å². The van der Waals surface area contributed by atoms with E-state index in [4.69, 9.17) is 4.98 Å². The number of piperidine rings is 1. The highest BCUT2D eigenvalue weighted by Crippen LogP contribution is 2.40. The molecule has 5 heteroatoms. The van der Waals surface area contributed by atoms with Crippen molar-refractivity contribution in [3.8, 4) is 11.3 Å². The molecular weight excluding hydrogens is 358 g/mol. The van der Waals surface area contributed by atoms with Crippen molar-refractivity contribution in [3.63, 3.8) is 0 Å². The van der Waals surface area contributed by atoms with E-state index in [9.17, 15) is 0 Å². The van der Waals surface area contributed by atoms with Crippen LogP contribution >= 0.6 is 0 Å². The maximum atomic E-state index is 4.91. The molecular formula is C24H33N5. The summed E-state index contributed by atoms with van der Waals surface area (Å²) in [5.41, 5.74) is 2.50. The number of piperazine rings is 1. The molecule has 2 atom stereocenters. The van der Waals surface area contributed by atoms with Gasteiger partial charge in [0.25, 0.3) is 0 Å². The summed E-state index contributed by atoms with van der Waals surface area (Å²) in [6.45, 7) is 12.0. The van der Waals surface area contributed by atoms with Crippen LogP contribution in [0.2, 0.25) is 0 Å². The van der Waals surface area contributed by atoms with Crippen molar-refractivity contribution in [1.29, 1.82) is 0 Å². The van der Waals surface area contributed by atoms with Crippen molar-refractivity contribution in [2.24, 2.45) is 5.92 Å². The molecule has 4 fully saturated rings. The largest absolute Gasteiger partial charge is 0.336 e. The minimum Gasteiger partial charge on any atom is -0.336 e. The van der Waals surface area contributed by atoms with Gasteiger partial charge in [-0.25, -0.2) is 9.97 Å². The Hall–Kier alpha value is -1.98. The summed E-state index contributed by atoms with van der Waals surface area (Å²) in [4.78, 5) is 17.4. The molecule has 0 N–H and O–H groups in total. The van der Waals surface area contributed by atoms with Crippen molar-refractivity contribution in [2.75, 3.05) is 44.2 Å². The monoisotopic (exact) mass is 391 g/mol. The zero-order valence-electron chi connectivity index (χ0n) is 17.8. The van der Waals surface area contributed by atoms with E-state index < -0.39 is 0 Å². The average Bonchev–Trinajstić information content (AvgIpc) is 3.04. The summed E-state index contributed by atoms with van der Waals surface area (Å²) in [5, 5.41) is 0. The van der Waals surface area contributed by atoms with E-state index in [0.717, 1.165) is 42.8 Å². The number of aromatic nitrogens is 2. The van der Waals surface area contributed by atoms with Crippen molar-refractivity contribution in [1.82, 2.24) is 19.8 Å². The van der Waals surface area contributed by atoms with Crippen LogP contribution in [-0.2, 0) is 0 Å². The Morgan fingerprint density at radius 3 is 2.52 bits per heavy atom. The van der Waals surface area contributed by atoms with Crippen molar-refractivity contribution >= 4 is 5.95 Å². The molecule has 4 aliphatic heterocycles. The van der Waals surface area contributed by atoms with Crippen LogP contribution in [-0.4, -0.2) is 70.6 Å². The van der Waals surface area contributed by atoms with Crippen molar-refractivity contribution in [3.05, 3.63) is 42.6 Å². The maximum absolute atomic E-state index is 4.91. The number of rotatable bonds is 3. The molecule has 0 spiro atoms. The molecule has 4 saturated heterocycles. The van der Waals surface area contributed by atoms with Crippen LogP contribution in [0, 0.1) is 5.92 Å². The first kappa shape index (κ1) is 19.0. The standard InChI is InChI=1S/C24H33N5/c1-19-18-28(24(2)11-15-27-13-9-21(24)10-14-27)16-17-29(19)23-25-12-8-22(26-23)20-6-4-3-5-7-20/h3-8,12,19,21H,9-11,13-18H2,1-2H3. The molecule has 5 heterocycles. The molecule has 154 valence electrons. The van der Waals surface area contributed by atoms with Crippen LogP contribution in [0.1, 0.15) is 33.1 Å². The summed E-state index contributed by atoms with van der Waals surface area (Å²) in [7, 11) is 0. The first-order valence-corrected chi connectivity index (χ1v) is 11.3. The summed E-state index contributed by atoms with van der Waals surface area (Å²) in [6, 6.07) is 12.8. The fourth-order valence-electron chi connectivity index (χ4n) is 5.76. The summed E-state index contributed by atoms with van der Waals surface area (Å²) in [6.07, 6.45) is 5.95. The third kappa shape index (κ3) is 3.55. The third-order valence-corrected chi connectivity index (χ3v) is 7.72. The minimum absolute atomic E-state index is 0.346. The number of nitrogens with zero attached hydrogens (tertiary/aromatic N) is 5. The Morgan fingerprint density at radius 2 is 1.76 bits per heavy atom. The zero-order valence-corrected chi connectivity index (χ0v) is 17.8. The van der Waals surface area contributed by atoms with Gasteiger partial charge in [0, 0.05) is 43.0 Å². The van der Waals surface area contributed by atoms with Gasteiger partial charge in [0.1, 0.15) is 0 Å². The summed E-state index contributed by atoms with van der Waals surface area (Å²) >= 11 is 0. The fourth-order valence-corrected chi connectivity index (χ4v) is 5.76. The van der Waals surface area contributed by atoms with Crippen molar-refractivity contribution < 1.29 is 0 Å². The Balaban J connectivity index is 1.33. The van der Waals surface area contributed by atoms with Gasteiger partial charge in [0.15, 0.2) is 0 Å². The first-order valence-electron chi connectivity index (χ1n) is 11.3. The SMILES string of the molecule is CC1CN(C2(C)CCN3CCC2CC3)CCN1c1nccc(-c2ccccc2)n1. The Kier molecular flexibility index (Phi) is 5.04. The molecule has 0 amide bonds. The van der Waals surface area contributed by atoms with Gasteiger partial charge in [0.05, 0.1) is 5.69 Å². The number of hydrogen-bond acceptors (Lipinski definition) is 5. The van der Waals surface area contributed by atoms with E-state index in [1.54, 1.807) is 0 Å². The van der Waals surface area contributed by atoms with Crippen molar-refractivity contribution in [2.45, 2.75) is 44.7 Å². The second-order valence-corrected chi connectivity index (χ2v) is 9.32. The number of fused-ring (bicyclic) bond motifs is 4. The zero-order chi connectivity index (χ0) is 19.8. The lowest BCUT2D eigenvalue weighted by Gasteiger charge is -2.51. The fraction of sp³-hybridized carbons (Fsp3) is 0.583. The second-order valence-electron chi connectivity index (χ2n) is 9.32. The van der Waals surface area contributed by atoms with Gasteiger partial charge in [-0.1, -0.05) is 30.3 Å². The lowest BCUT2D eigenvalue weighted by Crippen LogP contribution is -2.62. The van der Waals surface area contributed by atoms with Gasteiger partial charge < -0.3 is 9.80 Å². The molecule has 4 aliphatic rings. The Morgan fingerprint density at radius 1 is 0.966 bits per heavy atom. The third-order valence-electron chi connectivity index (χ3n) is 7.72. The molecule has 6 rings (SSSR count). The van der Waals surface area contributed by atoms with E-state index in [0.29, 0.717) is 11.6 Å². The van der Waals surface area contributed by atoms with Crippen LogP contribution in [0.4, 0.5) is 5.95 Å². The van der Waals surface area contributed by atoms with Crippen LogP contribution in [0.15, 0.2) is 42.6 Å². The molecule has 2 unspecified atom stereocenters. The van der Waals surface area contributed by atoms with E-state index >= 15 is 0 Å². The number of anilines is 1. The molecule has 2 aromatic rings. The molecule has 2 bridgehead atoms. The van der Waals surface area contributed by atoms with Gasteiger partial charge in [0.2, 0.25) is 5.95 Å². The van der Waals surface area contributed by atoms with Gasteiger partial charge in [-0.05, 0) is 64.7 Å². The predicted molar refractivity (Wildman–Crippen MR) is 118 cm³/mol. The second kappa shape index (κ2) is 7.69. The normalized spacial score (nSPS) is 32.9. The van der Waals surface area contributed by atoms with Gasteiger partial charge >= 0.3 is 0 Å². The average molecular weight is 392 g/mol. The summed E-state index contributed by atoms with van der Waals surface area (Å²) < 4.78 is 0. The number of hydrogen-bond donors (Lipinski definition) is 0. The lowest BCUT2D eigenvalue weighted by molar-refractivity contribution is 0.0256. The quantitative estimate of drug-likeness (QED) is 0.800. The van der Waals surface area contributed by atoms with Gasteiger partial charge in [-0.3, -0.25) is 4.90 Å². The summed E-state index contributed by atoms with van der Waals surface area (Å²) in [5.74, 6) is 1.72. The predicted octanol–water partition coefficient (Wildman–Crippen LogP) is 3.53. The number of benzene rings is 1. The highest BCUT2D eigenvalue weighted by atomic mass is 15.4. The van der Waals surface area contributed by atoms with Crippen LogP contribution in [0.25, 0.3) is 11.3 Å². The first-order chi connectivity index (χ1) is 14.1. The minimum atomic E-state index is 0.346. The van der Waals surface area contributed by atoms with Crippen LogP contribution < -0.4 is 4.90 Å². The van der Waals surface area contributed by atoms with Crippen LogP contribution in [0.5, 0.6) is 0 Å². The molecule has 1 aromatic carbocycles. The highest BCUT2D eigenvalue weighted by Gasteiger charge is 2.45. The van der Waals surface area contributed by atoms with Gasteiger partial charge in [-0.15, -0.1) is 0 Å². The lowest BCUT2D eigenvalue weighted by atomic mass is 9.77. The Bertz CT molecular complexity index is 832. The van der Waals surface area contributed by atoms with E-state index in [1.165, 1.54) is 38.9 Å². The molecule has 5 nitrogen and oxygen atoms in total. The molecule has 0 aliphatic carbocycles. The smallest absolute Gasteiger partial charge is 0.226 e. The van der Waals surface area contributed by atoms with E-state index in [1.807, 2.05) is 18.3 Å². The molecule has 1 aromatic heterocycles. The van der Waals surface area contributed by atoms with Gasteiger partial charge in [-0.2, -0.15) is 0 Å². The molecule has 29 heavy (non-hydrogen) atoms.